The average molecular weight is 313 g/mol. The fraction of sp³-hybridized carbons (Fsp3) is 0.250. The van der Waals surface area contributed by atoms with Gasteiger partial charge in [-0.25, -0.2) is 9.97 Å². The predicted molar refractivity (Wildman–Crippen MR) is 91.9 cm³/mol. The van der Waals surface area contributed by atoms with Crippen LogP contribution in [0.4, 0.5) is 5.82 Å². The van der Waals surface area contributed by atoms with E-state index in [2.05, 4.69) is 24.0 Å². The lowest BCUT2D eigenvalue weighted by atomic mass is 10.1. The topological polar surface area (TPSA) is 51.8 Å². The van der Waals surface area contributed by atoms with Crippen LogP contribution in [0.2, 0.25) is 0 Å². The molecule has 0 fully saturated rings. The summed E-state index contributed by atoms with van der Waals surface area (Å²) in [5, 5.41) is 0.940. The minimum absolute atomic E-state index is 0.569. The summed E-state index contributed by atoms with van der Waals surface area (Å²) in [7, 11) is 0. The number of nitrogen functional groups attached to an aromatic ring is 1. The maximum absolute atomic E-state index is 6.13. The standard InChI is InChI=1S/C16H15N3S2/c1-9-3-2-4-11-14(9)18-16(19-15(11)17)13-7-10-8-20-6-5-12(10)21-13/h2-4,7H,5-6,8H2,1H3,(H2,17,18,19). The molecule has 1 aromatic carbocycles. The van der Waals surface area contributed by atoms with Gasteiger partial charge in [0.2, 0.25) is 0 Å². The molecule has 0 saturated carbocycles. The number of para-hydroxylation sites is 1. The minimum Gasteiger partial charge on any atom is -0.383 e. The summed E-state index contributed by atoms with van der Waals surface area (Å²) < 4.78 is 0. The fourth-order valence-corrected chi connectivity index (χ4v) is 4.99. The molecule has 0 atom stereocenters. The lowest BCUT2D eigenvalue weighted by Crippen LogP contribution is -1.98. The van der Waals surface area contributed by atoms with Crippen molar-refractivity contribution in [3.8, 4) is 10.7 Å². The SMILES string of the molecule is Cc1cccc2c(N)nc(-c3cc4c(s3)CCSC4)nc12. The molecule has 106 valence electrons. The van der Waals surface area contributed by atoms with E-state index in [-0.39, 0.29) is 0 Å². The van der Waals surface area contributed by atoms with E-state index in [1.807, 2.05) is 35.2 Å². The molecule has 2 N–H and O–H groups in total. The second-order valence-corrected chi connectivity index (χ2v) is 7.51. The van der Waals surface area contributed by atoms with Crippen LogP contribution in [0.1, 0.15) is 16.0 Å². The molecule has 0 amide bonds. The summed E-state index contributed by atoms with van der Waals surface area (Å²) in [5.41, 5.74) is 9.68. The Kier molecular flexibility index (Phi) is 3.12. The molecular weight excluding hydrogens is 298 g/mol. The van der Waals surface area contributed by atoms with E-state index in [1.165, 1.54) is 16.2 Å². The lowest BCUT2D eigenvalue weighted by Gasteiger charge is -2.08. The van der Waals surface area contributed by atoms with E-state index in [4.69, 9.17) is 10.7 Å². The van der Waals surface area contributed by atoms with Crippen LogP contribution in [0.15, 0.2) is 24.3 Å². The third-order valence-corrected chi connectivity index (χ3v) is 6.05. The number of thioether (sulfide) groups is 1. The van der Waals surface area contributed by atoms with Gasteiger partial charge in [-0.05, 0) is 42.4 Å². The Bertz CT molecular complexity index is 815. The van der Waals surface area contributed by atoms with Gasteiger partial charge in [0.15, 0.2) is 5.82 Å². The minimum atomic E-state index is 0.569. The highest BCUT2D eigenvalue weighted by atomic mass is 32.2. The normalized spacial score (nSPS) is 14.3. The van der Waals surface area contributed by atoms with Crippen molar-refractivity contribution in [1.29, 1.82) is 0 Å². The third-order valence-electron chi connectivity index (χ3n) is 3.81. The Morgan fingerprint density at radius 2 is 2.14 bits per heavy atom. The molecule has 3 aromatic rings. The number of hydrogen-bond acceptors (Lipinski definition) is 5. The van der Waals surface area contributed by atoms with E-state index in [0.717, 1.165) is 39.3 Å². The number of aryl methyl sites for hydroxylation is 2. The predicted octanol–water partition coefficient (Wildman–Crippen LogP) is 4.04. The maximum atomic E-state index is 6.13. The second kappa shape index (κ2) is 5.00. The molecule has 0 aliphatic carbocycles. The highest BCUT2D eigenvalue weighted by Crippen LogP contribution is 2.36. The number of nitrogens with zero attached hydrogens (tertiary/aromatic N) is 2. The molecule has 0 saturated heterocycles. The summed E-state index contributed by atoms with van der Waals surface area (Å²) in [6.07, 6.45) is 1.16. The van der Waals surface area contributed by atoms with Gasteiger partial charge < -0.3 is 5.73 Å². The molecule has 0 unspecified atom stereocenters. The number of nitrogens with two attached hydrogens (primary N) is 1. The van der Waals surface area contributed by atoms with Crippen LogP contribution in [0.5, 0.6) is 0 Å². The van der Waals surface area contributed by atoms with E-state index in [9.17, 15) is 0 Å². The van der Waals surface area contributed by atoms with Crippen molar-refractivity contribution in [1.82, 2.24) is 9.97 Å². The second-order valence-electron chi connectivity index (χ2n) is 5.27. The van der Waals surface area contributed by atoms with Gasteiger partial charge in [0.25, 0.3) is 0 Å². The number of aromatic nitrogens is 2. The smallest absolute Gasteiger partial charge is 0.172 e. The van der Waals surface area contributed by atoms with Crippen LogP contribution in [-0.4, -0.2) is 15.7 Å². The molecule has 4 rings (SSSR count). The van der Waals surface area contributed by atoms with Gasteiger partial charge in [-0.2, -0.15) is 11.8 Å². The van der Waals surface area contributed by atoms with Crippen LogP contribution in [-0.2, 0) is 12.2 Å². The quantitative estimate of drug-likeness (QED) is 0.736. The monoisotopic (exact) mass is 313 g/mol. The summed E-state index contributed by atoms with van der Waals surface area (Å²) in [4.78, 5) is 11.9. The Morgan fingerprint density at radius 3 is 3.00 bits per heavy atom. The van der Waals surface area contributed by atoms with Crippen molar-refractivity contribution in [2.24, 2.45) is 0 Å². The van der Waals surface area contributed by atoms with Gasteiger partial charge in [-0.15, -0.1) is 11.3 Å². The van der Waals surface area contributed by atoms with Gasteiger partial charge in [0, 0.05) is 16.0 Å². The van der Waals surface area contributed by atoms with Crippen LogP contribution < -0.4 is 5.73 Å². The van der Waals surface area contributed by atoms with Crippen molar-refractivity contribution in [3.63, 3.8) is 0 Å². The molecular formula is C16H15N3S2. The molecule has 21 heavy (non-hydrogen) atoms. The Morgan fingerprint density at radius 1 is 1.24 bits per heavy atom. The first-order valence-electron chi connectivity index (χ1n) is 6.95. The van der Waals surface area contributed by atoms with Crippen LogP contribution >= 0.6 is 23.1 Å². The number of fused-ring (bicyclic) bond motifs is 2. The first-order chi connectivity index (χ1) is 10.2. The van der Waals surface area contributed by atoms with Gasteiger partial charge in [0.1, 0.15) is 5.82 Å². The van der Waals surface area contributed by atoms with Crippen molar-refractivity contribution in [3.05, 3.63) is 40.3 Å². The van der Waals surface area contributed by atoms with Crippen LogP contribution in [0.25, 0.3) is 21.6 Å². The Labute approximate surface area is 131 Å². The summed E-state index contributed by atoms with van der Waals surface area (Å²) in [5.74, 6) is 3.65. The highest BCUT2D eigenvalue weighted by Gasteiger charge is 2.17. The van der Waals surface area contributed by atoms with E-state index in [0.29, 0.717) is 5.82 Å². The molecule has 1 aliphatic rings. The number of hydrogen-bond donors (Lipinski definition) is 1. The van der Waals surface area contributed by atoms with Gasteiger partial charge in [-0.3, -0.25) is 0 Å². The van der Waals surface area contributed by atoms with E-state index in [1.54, 1.807) is 0 Å². The maximum Gasteiger partial charge on any atom is 0.172 e. The van der Waals surface area contributed by atoms with E-state index >= 15 is 0 Å². The van der Waals surface area contributed by atoms with Crippen LogP contribution in [0, 0.1) is 6.92 Å². The van der Waals surface area contributed by atoms with Gasteiger partial charge in [-0.1, -0.05) is 12.1 Å². The zero-order valence-corrected chi connectivity index (χ0v) is 13.4. The zero-order chi connectivity index (χ0) is 14.4. The zero-order valence-electron chi connectivity index (χ0n) is 11.7. The molecule has 5 heteroatoms. The van der Waals surface area contributed by atoms with Gasteiger partial charge >= 0.3 is 0 Å². The first-order valence-corrected chi connectivity index (χ1v) is 8.92. The molecule has 3 heterocycles. The highest BCUT2D eigenvalue weighted by molar-refractivity contribution is 7.98. The summed E-state index contributed by atoms with van der Waals surface area (Å²) in [6, 6.07) is 8.29. The van der Waals surface area contributed by atoms with Crippen LogP contribution in [0.3, 0.4) is 0 Å². The molecule has 3 nitrogen and oxygen atoms in total. The largest absolute Gasteiger partial charge is 0.383 e. The van der Waals surface area contributed by atoms with Gasteiger partial charge in [0.05, 0.1) is 10.4 Å². The number of anilines is 1. The van der Waals surface area contributed by atoms with Crippen molar-refractivity contribution < 1.29 is 0 Å². The molecule has 2 aromatic heterocycles. The van der Waals surface area contributed by atoms with Crippen molar-refractivity contribution in [2.45, 2.75) is 19.1 Å². The van der Waals surface area contributed by atoms with Crippen molar-refractivity contribution in [2.75, 3.05) is 11.5 Å². The Hall–Kier alpha value is -1.59. The van der Waals surface area contributed by atoms with Crippen molar-refractivity contribution >= 4 is 39.8 Å². The first kappa shape index (κ1) is 13.1. The number of rotatable bonds is 1. The molecule has 1 aliphatic heterocycles. The number of thiophene rings is 1. The third kappa shape index (κ3) is 2.21. The summed E-state index contributed by atoms with van der Waals surface area (Å²) >= 11 is 3.81. The Balaban J connectivity index is 1.90. The average Bonchev–Trinajstić information content (AvgIpc) is 2.92. The molecule has 0 radical (unpaired) electrons. The van der Waals surface area contributed by atoms with E-state index < -0.39 is 0 Å². The number of benzene rings is 1. The summed E-state index contributed by atoms with van der Waals surface area (Å²) in [6.45, 7) is 2.06. The lowest BCUT2D eigenvalue weighted by molar-refractivity contribution is 1.13. The fourth-order valence-electron chi connectivity index (χ4n) is 2.69. The molecule has 0 bridgehead atoms. The molecule has 0 spiro atoms.